The van der Waals surface area contributed by atoms with E-state index in [9.17, 15) is 4.79 Å². The minimum absolute atomic E-state index is 0. The molecule has 9 heteroatoms. The average Bonchev–Trinajstić information content (AvgIpc) is 2.74. The lowest BCUT2D eigenvalue weighted by Crippen LogP contribution is -2.47. The van der Waals surface area contributed by atoms with Gasteiger partial charge in [0.2, 0.25) is 5.91 Å². The summed E-state index contributed by atoms with van der Waals surface area (Å²) in [5.74, 6) is 0.854. The number of halogens is 2. The molecule has 0 spiro atoms. The highest BCUT2D eigenvalue weighted by atomic mass is 127. The van der Waals surface area contributed by atoms with Crippen LogP contribution in [0.4, 0.5) is 5.69 Å². The second-order valence-corrected chi connectivity index (χ2v) is 7.19. The van der Waals surface area contributed by atoms with Crippen molar-refractivity contribution in [1.29, 1.82) is 0 Å². The number of aromatic nitrogens is 1. The topological polar surface area (TPSA) is 81.7 Å². The van der Waals surface area contributed by atoms with Gasteiger partial charge in [-0.1, -0.05) is 29.8 Å². The SMILES string of the molecule is CCNC(=NCc1ccc(N2CCNC(=O)C2)cc1)NCCc1ccc(Cl)nc1.I. The fourth-order valence-electron chi connectivity index (χ4n) is 3.06. The van der Waals surface area contributed by atoms with Gasteiger partial charge in [0.1, 0.15) is 5.15 Å². The zero-order chi connectivity index (χ0) is 20.5. The Hall–Kier alpha value is -2.07. The Balaban J connectivity index is 0.00000320. The van der Waals surface area contributed by atoms with Crippen molar-refractivity contribution in [2.45, 2.75) is 19.9 Å². The molecular formula is C21H28ClIN6O. The monoisotopic (exact) mass is 542 g/mol. The number of carbonyl (C=O) groups excluding carboxylic acids is 1. The number of guanidine groups is 1. The Morgan fingerprint density at radius 2 is 1.97 bits per heavy atom. The maximum absolute atomic E-state index is 11.6. The third-order valence-corrected chi connectivity index (χ3v) is 4.82. The van der Waals surface area contributed by atoms with Crippen molar-refractivity contribution in [3.05, 3.63) is 58.9 Å². The van der Waals surface area contributed by atoms with E-state index in [0.717, 1.165) is 48.8 Å². The van der Waals surface area contributed by atoms with Gasteiger partial charge in [-0.3, -0.25) is 4.79 Å². The van der Waals surface area contributed by atoms with E-state index in [0.29, 0.717) is 24.8 Å². The van der Waals surface area contributed by atoms with Crippen LogP contribution in [0.25, 0.3) is 0 Å². The van der Waals surface area contributed by atoms with Gasteiger partial charge in [-0.25, -0.2) is 9.98 Å². The number of hydrogen-bond donors (Lipinski definition) is 3. The summed E-state index contributed by atoms with van der Waals surface area (Å²) in [7, 11) is 0. The van der Waals surface area contributed by atoms with Gasteiger partial charge >= 0.3 is 0 Å². The Morgan fingerprint density at radius 3 is 2.63 bits per heavy atom. The number of nitrogens with one attached hydrogen (secondary N) is 3. The first-order valence-electron chi connectivity index (χ1n) is 9.87. The van der Waals surface area contributed by atoms with Gasteiger partial charge in [-0.15, -0.1) is 24.0 Å². The van der Waals surface area contributed by atoms with Crippen molar-refractivity contribution in [1.82, 2.24) is 20.9 Å². The van der Waals surface area contributed by atoms with Crippen LogP contribution in [0.3, 0.4) is 0 Å². The summed E-state index contributed by atoms with van der Waals surface area (Å²) in [6.45, 7) is 6.11. The van der Waals surface area contributed by atoms with Crippen LogP contribution in [-0.4, -0.2) is 49.6 Å². The van der Waals surface area contributed by atoms with Gasteiger partial charge in [0, 0.05) is 38.1 Å². The maximum atomic E-state index is 11.6. The highest BCUT2D eigenvalue weighted by Gasteiger charge is 2.16. The summed E-state index contributed by atoms with van der Waals surface area (Å²) in [4.78, 5) is 22.4. The number of pyridine rings is 1. The molecule has 2 aromatic rings. The van der Waals surface area contributed by atoms with Crippen molar-refractivity contribution in [2.75, 3.05) is 37.6 Å². The third kappa shape index (κ3) is 7.64. The molecule has 0 bridgehead atoms. The second kappa shape index (κ2) is 12.6. The molecule has 1 aliphatic heterocycles. The molecule has 3 N–H and O–H groups in total. The van der Waals surface area contributed by atoms with Crippen molar-refractivity contribution in [3.8, 4) is 0 Å². The molecule has 1 aromatic carbocycles. The number of piperazine rings is 1. The molecule has 0 atom stereocenters. The van der Waals surface area contributed by atoms with Gasteiger partial charge in [-0.2, -0.15) is 0 Å². The molecule has 0 unspecified atom stereocenters. The number of benzene rings is 1. The minimum Gasteiger partial charge on any atom is -0.360 e. The largest absolute Gasteiger partial charge is 0.360 e. The number of anilines is 1. The molecule has 3 rings (SSSR count). The molecule has 2 heterocycles. The van der Waals surface area contributed by atoms with Crippen LogP contribution in [0.1, 0.15) is 18.1 Å². The van der Waals surface area contributed by atoms with Gasteiger partial charge in [0.05, 0.1) is 13.1 Å². The number of hydrogen-bond acceptors (Lipinski definition) is 4. The lowest BCUT2D eigenvalue weighted by molar-refractivity contribution is -0.120. The highest BCUT2D eigenvalue weighted by Crippen LogP contribution is 2.16. The first-order valence-corrected chi connectivity index (χ1v) is 10.2. The molecule has 1 fully saturated rings. The Morgan fingerprint density at radius 1 is 1.20 bits per heavy atom. The molecule has 0 aliphatic carbocycles. The van der Waals surface area contributed by atoms with Crippen LogP contribution in [0.5, 0.6) is 0 Å². The summed E-state index contributed by atoms with van der Waals surface area (Å²) in [6, 6.07) is 12.0. The highest BCUT2D eigenvalue weighted by molar-refractivity contribution is 14.0. The molecule has 162 valence electrons. The summed E-state index contributed by atoms with van der Waals surface area (Å²) in [6.07, 6.45) is 2.63. The maximum Gasteiger partial charge on any atom is 0.239 e. The average molecular weight is 543 g/mol. The van der Waals surface area contributed by atoms with E-state index in [4.69, 9.17) is 11.6 Å². The Kier molecular flexibility index (Phi) is 10.2. The van der Waals surface area contributed by atoms with Crippen molar-refractivity contribution in [2.24, 2.45) is 4.99 Å². The van der Waals surface area contributed by atoms with Crippen LogP contribution < -0.4 is 20.9 Å². The standard InChI is InChI=1S/C21H27ClN6O.HI/c1-2-23-21(25-10-9-17-5-8-19(22)26-13-17)27-14-16-3-6-18(7-4-16)28-12-11-24-20(29)15-28;/h3-8,13H,2,9-12,14-15H2,1H3,(H,24,29)(H2,23,25,27);1H. The van der Waals surface area contributed by atoms with E-state index >= 15 is 0 Å². The van der Waals surface area contributed by atoms with Crippen molar-refractivity contribution in [3.63, 3.8) is 0 Å². The first-order chi connectivity index (χ1) is 14.1. The van der Waals surface area contributed by atoms with Gasteiger partial charge in [0.25, 0.3) is 0 Å². The van der Waals surface area contributed by atoms with Gasteiger partial charge < -0.3 is 20.9 Å². The normalized spacial score (nSPS) is 14.0. The fraction of sp³-hybridized carbons (Fsp3) is 0.381. The Bertz CT molecular complexity index is 828. The van der Waals surface area contributed by atoms with E-state index in [1.165, 1.54) is 0 Å². The van der Waals surface area contributed by atoms with E-state index in [1.807, 2.05) is 13.0 Å². The molecule has 30 heavy (non-hydrogen) atoms. The molecule has 0 saturated carbocycles. The van der Waals surface area contributed by atoms with E-state index < -0.39 is 0 Å². The summed E-state index contributed by atoms with van der Waals surface area (Å²) >= 11 is 5.82. The Labute approximate surface area is 199 Å². The zero-order valence-corrected chi connectivity index (χ0v) is 20.1. The fourth-order valence-corrected chi connectivity index (χ4v) is 3.17. The predicted molar refractivity (Wildman–Crippen MR) is 133 cm³/mol. The zero-order valence-electron chi connectivity index (χ0n) is 17.0. The second-order valence-electron chi connectivity index (χ2n) is 6.80. The number of nitrogens with zero attached hydrogens (tertiary/aromatic N) is 3. The van der Waals surface area contributed by atoms with Crippen LogP contribution in [0.15, 0.2) is 47.6 Å². The molecule has 7 nitrogen and oxygen atoms in total. The number of rotatable bonds is 7. The van der Waals surface area contributed by atoms with Crippen molar-refractivity contribution < 1.29 is 4.79 Å². The molecule has 0 radical (unpaired) electrons. The van der Waals surface area contributed by atoms with Crippen LogP contribution in [0, 0.1) is 0 Å². The summed E-state index contributed by atoms with van der Waals surface area (Å²) < 4.78 is 0. The minimum atomic E-state index is 0. The lowest BCUT2D eigenvalue weighted by atomic mass is 10.2. The molecular weight excluding hydrogens is 515 g/mol. The molecule has 1 aliphatic rings. The van der Waals surface area contributed by atoms with Crippen molar-refractivity contribution >= 4 is 53.1 Å². The number of amides is 1. The quantitative estimate of drug-likeness (QED) is 0.217. The molecule has 1 saturated heterocycles. The molecule has 1 aromatic heterocycles. The van der Waals surface area contributed by atoms with Crippen LogP contribution >= 0.6 is 35.6 Å². The lowest BCUT2D eigenvalue weighted by Gasteiger charge is -2.28. The van der Waals surface area contributed by atoms with E-state index in [1.54, 1.807) is 12.3 Å². The van der Waals surface area contributed by atoms with E-state index in [-0.39, 0.29) is 29.9 Å². The van der Waals surface area contributed by atoms with E-state index in [2.05, 4.69) is 55.1 Å². The van der Waals surface area contributed by atoms with Crippen LogP contribution in [-0.2, 0) is 17.8 Å². The number of carbonyl (C=O) groups is 1. The van der Waals surface area contributed by atoms with Crippen LogP contribution in [0.2, 0.25) is 5.15 Å². The number of aliphatic imine (C=N–C) groups is 1. The summed E-state index contributed by atoms with van der Waals surface area (Å²) in [5.41, 5.74) is 3.31. The molecule has 1 amide bonds. The smallest absolute Gasteiger partial charge is 0.239 e. The third-order valence-electron chi connectivity index (χ3n) is 4.60. The van der Waals surface area contributed by atoms with Gasteiger partial charge in [0.15, 0.2) is 5.96 Å². The van der Waals surface area contributed by atoms with Gasteiger partial charge in [-0.05, 0) is 42.7 Å². The predicted octanol–water partition coefficient (Wildman–Crippen LogP) is 2.59. The summed E-state index contributed by atoms with van der Waals surface area (Å²) in [5, 5.41) is 9.96. The first kappa shape index (κ1) is 24.2.